The number of hydrogen-bond acceptors (Lipinski definition) is 3. The number of nitrogens with zero attached hydrogens (tertiary/aromatic N) is 2. The molecule has 3 nitrogen and oxygen atoms in total. The van der Waals surface area contributed by atoms with Crippen molar-refractivity contribution in [2.75, 3.05) is 0 Å². The maximum absolute atomic E-state index is 6.80. The number of fused-ring (bicyclic) bond motifs is 8. The van der Waals surface area contributed by atoms with Crippen molar-refractivity contribution in [3.05, 3.63) is 131 Å². The van der Waals surface area contributed by atoms with Gasteiger partial charge in [-0.25, -0.2) is 0 Å². The van der Waals surface area contributed by atoms with Crippen molar-refractivity contribution in [3.8, 4) is 11.1 Å². The van der Waals surface area contributed by atoms with E-state index in [1.807, 2.05) is 6.08 Å². The van der Waals surface area contributed by atoms with Gasteiger partial charge in [-0.05, 0) is 91.6 Å². The van der Waals surface area contributed by atoms with Gasteiger partial charge in [-0.2, -0.15) is 0 Å². The summed E-state index contributed by atoms with van der Waals surface area (Å²) in [5, 5.41) is 2.28. The van der Waals surface area contributed by atoms with Gasteiger partial charge >= 0.3 is 0 Å². The molecule has 0 amide bonds. The van der Waals surface area contributed by atoms with Gasteiger partial charge in [0.2, 0.25) is 0 Å². The van der Waals surface area contributed by atoms with Crippen LogP contribution in [0.25, 0.3) is 33.1 Å². The van der Waals surface area contributed by atoms with Crippen LogP contribution in [0.1, 0.15) is 71.0 Å². The van der Waals surface area contributed by atoms with Crippen molar-refractivity contribution >= 4 is 33.4 Å². The maximum atomic E-state index is 6.80. The van der Waals surface area contributed by atoms with Gasteiger partial charge in [0, 0.05) is 39.9 Å². The third-order valence-corrected chi connectivity index (χ3v) is 9.38. The van der Waals surface area contributed by atoms with Gasteiger partial charge in [0.15, 0.2) is 0 Å². The molecule has 2 aliphatic heterocycles. The van der Waals surface area contributed by atoms with Crippen LogP contribution in [0.15, 0.2) is 106 Å². The van der Waals surface area contributed by atoms with Crippen molar-refractivity contribution in [2.45, 2.75) is 65.3 Å². The molecule has 0 aliphatic carbocycles. The molecule has 0 N–H and O–H groups in total. The first-order valence-corrected chi connectivity index (χ1v) is 15.5. The maximum Gasteiger partial charge on any atom is 0.144 e. The van der Waals surface area contributed by atoms with Crippen molar-refractivity contribution in [1.29, 1.82) is 0 Å². The highest BCUT2D eigenvalue weighted by Gasteiger charge is 2.32. The van der Waals surface area contributed by atoms with Crippen LogP contribution in [0.2, 0.25) is 0 Å². The average Bonchev–Trinajstić information content (AvgIpc) is 3.36. The minimum absolute atomic E-state index is 0.0980. The number of furan rings is 1. The molecule has 0 radical (unpaired) electrons. The molecule has 1 aromatic heterocycles. The summed E-state index contributed by atoms with van der Waals surface area (Å²) >= 11 is 0. The Kier molecular flexibility index (Phi) is 6.77. The van der Waals surface area contributed by atoms with Crippen molar-refractivity contribution < 1.29 is 4.42 Å². The quantitative estimate of drug-likeness (QED) is 0.215. The first kappa shape index (κ1) is 27.3. The lowest BCUT2D eigenvalue weighted by Crippen LogP contribution is -2.27. The third kappa shape index (κ3) is 4.59. The molecular formula is C40H38N2O. The smallest absolute Gasteiger partial charge is 0.144 e. The summed E-state index contributed by atoms with van der Waals surface area (Å²) in [6.07, 6.45) is 5.33. The summed E-state index contributed by atoms with van der Waals surface area (Å²) in [5.74, 6) is 0.290. The number of allylic oxidation sites excluding steroid dienone is 1. The average molecular weight is 563 g/mol. The third-order valence-electron chi connectivity index (χ3n) is 9.38. The van der Waals surface area contributed by atoms with E-state index in [9.17, 15) is 0 Å². The molecule has 0 saturated carbocycles. The number of hydrogen-bond donors (Lipinski definition) is 0. The molecule has 2 unspecified atom stereocenters. The zero-order valence-corrected chi connectivity index (χ0v) is 25.6. The molecule has 2 aliphatic rings. The van der Waals surface area contributed by atoms with E-state index in [0.29, 0.717) is 0 Å². The summed E-state index contributed by atoms with van der Waals surface area (Å²) < 4.78 is 6.80. The molecule has 3 heteroatoms. The summed E-state index contributed by atoms with van der Waals surface area (Å²) in [5.41, 5.74) is 16.0. The Morgan fingerprint density at radius 1 is 0.930 bits per heavy atom. The molecule has 7 rings (SSSR count). The Hall–Kier alpha value is -4.50. The fourth-order valence-corrected chi connectivity index (χ4v) is 7.59. The van der Waals surface area contributed by atoms with E-state index in [1.54, 1.807) is 0 Å². The van der Waals surface area contributed by atoms with Crippen molar-refractivity contribution in [3.63, 3.8) is 0 Å². The summed E-state index contributed by atoms with van der Waals surface area (Å²) in [6, 6.07) is 24.5. The molecule has 3 heterocycles. The Morgan fingerprint density at radius 3 is 2.47 bits per heavy atom. The van der Waals surface area contributed by atoms with E-state index in [2.05, 4.69) is 108 Å². The normalized spacial score (nSPS) is 19.7. The van der Waals surface area contributed by atoms with Crippen molar-refractivity contribution in [2.24, 2.45) is 9.98 Å². The van der Waals surface area contributed by atoms with E-state index in [-0.39, 0.29) is 12.0 Å². The largest absolute Gasteiger partial charge is 0.455 e. The molecule has 0 fully saturated rings. The van der Waals surface area contributed by atoms with E-state index in [1.165, 1.54) is 44.5 Å². The number of aliphatic imine (C=N–C) groups is 2. The SMILES string of the molecule is C=CC1=NC2CC(=C)/N=C(/CC)c3c(ccc4c3oc3cc(-c5c(C)cc(C)cc5C)ccc34)CCC2c2ccccc21. The van der Waals surface area contributed by atoms with Crippen LogP contribution in [0.4, 0.5) is 0 Å². The first-order chi connectivity index (χ1) is 20.9. The standard InChI is InChI=1S/C40H38N2O/c1-7-34-30-12-10-9-11-29(30)31-16-13-27-14-18-33-32-17-15-28(38-24(4)19-23(3)20-25(38)5)22-37(32)43-40(33)39(27)35(8-2)41-26(6)21-36(31)42-34/h7,9-12,14-15,17-20,22,31,36H,1,6,8,13,16,21H2,2-5H3/b41-35-. The summed E-state index contributed by atoms with van der Waals surface area (Å²) in [4.78, 5) is 10.4. The lowest BCUT2D eigenvalue weighted by atomic mass is 9.78. The Bertz CT molecular complexity index is 1990. The molecule has 0 spiro atoms. The van der Waals surface area contributed by atoms with Gasteiger partial charge in [0.05, 0.1) is 17.5 Å². The highest BCUT2D eigenvalue weighted by molar-refractivity contribution is 6.17. The molecule has 43 heavy (non-hydrogen) atoms. The van der Waals surface area contributed by atoms with E-state index in [4.69, 9.17) is 14.4 Å². The zero-order valence-electron chi connectivity index (χ0n) is 25.6. The van der Waals surface area contributed by atoms with E-state index in [0.717, 1.165) is 70.3 Å². The molecule has 4 aromatic carbocycles. The van der Waals surface area contributed by atoms with Gasteiger partial charge in [-0.3, -0.25) is 9.98 Å². The lowest BCUT2D eigenvalue weighted by molar-refractivity contribution is 0.489. The Labute approximate surface area is 254 Å². The second-order valence-corrected chi connectivity index (χ2v) is 12.3. The predicted octanol–water partition coefficient (Wildman–Crippen LogP) is 10.4. The Morgan fingerprint density at radius 2 is 1.70 bits per heavy atom. The number of rotatable bonds is 3. The molecule has 0 saturated heterocycles. The molecule has 0 bridgehead atoms. The second kappa shape index (κ2) is 10.6. The van der Waals surface area contributed by atoms with Gasteiger partial charge in [-0.1, -0.05) is 80.2 Å². The van der Waals surface area contributed by atoms with E-state index >= 15 is 0 Å². The van der Waals surface area contributed by atoms with Crippen LogP contribution in [0.5, 0.6) is 0 Å². The van der Waals surface area contributed by atoms with Crippen LogP contribution in [0, 0.1) is 20.8 Å². The monoisotopic (exact) mass is 562 g/mol. The van der Waals surface area contributed by atoms with Gasteiger partial charge in [0.1, 0.15) is 11.2 Å². The molecule has 5 aromatic rings. The zero-order chi connectivity index (χ0) is 29.8. The van der Waals surface area contributed by atoms with Gasteiger partial charge < -0.3 is 4.42 Å². The molecule has 214 valence electrons. The Balaban J connectivity index is 1.38. The van der Waals surface area contributed by atoms with Crippen LogP contribution >= 0.6 is 0 Å². The topological polar surface area (TPSA) is 37.9 Å². The fraction of sp³-hybridized carbons (Fsp3) is 0.250. The highest BCUT2D eigenvalue weighted by atomic mass is 16.3. The van der Waals surface area contributed by atoms with Crippen molar-refractivity contribution in [1.82, 2.24) is 0 Å². The molecular weight excluding hydrogens is 524 g/mol. The van der Waals surface area contributed by atoms with Crippen LogP contribution in [-0.4, -0.2) is 17.5 Å². The lowest BCUT2D eigenvalue weighted by Gasteiger charge is -2.32. The summed E-state index contributed by atoms with van der Waals surface area (Å²) in [6.45, 7) is 17.2. The van der Waals surface area contributed by atoms with E-state index < -0.39 is 0 Å². The minimum atomic E-state index is 0.0980. The summed E-state index contributed by atoms with van der Waals surface area (Å²) in [7, 11) is 0. The van der Waals surface area contributed by atoms with Crippen LogP contribution < -0.4 is 0 Å². The number of benzene rings is 4. The second-order valence-electron chi connectivity index (χ2n) is 12.3. The van der Waals surface area contributed by atoms with Crippen LogP contribution in [-0.2, 0) is 6.42 Å². The van der Waals surface area contributed by atoms with Gasteiger partial charge in [-0.15, -0.1) is 0 Å². The first-order valence-electron chi connectivity index (χ1n) is 15.5. The minimum Gasteiger partial charge on any atom is -0.455 e. The predicted molar refractivity (Wildman–Crippen MR) is 182 cm³/mol. The fourth-order valence-electron chi connectivity index (χ4n) is 7.59. The van der Waals surface area contributed by atoms with Gasteiger partial charge in [0.25, 0.3) is 0 Å². The highest BCUT2D eigenvalue weighted by Crippen LogP contribution is 2.41. The number of aryl methyl sites for hydroxylation is 4. The molecule has 2 atom stereocenters. The van der Waals surface area contributed by atoms with Crippen LogP contribution in [0.3, 0.4) is 0 Å².